The summed E-state index contributed by atoms with van der Waals surface area (Å²) in [6.07, 6.45) is 2.69. The average Bonchev–Trinajstić information content (AvgIpc) is 2.95. The molecule has 0 aliphatic carbocycles. The van der Waals surface area contributed by atoms with Gasteiger partial charge in [0.2, 0.25) is 5.91 Å². The Morgan fingerprint density at radius 2 is 1.53 bits per heavy atom. The molecule has 2 atom stereocenters. The molecule has 3 aliphatic heterocycles. The summed E-state index contributed by atoms with van der Waals surface area (Å²) in [5, 5.41) is 3.45. The van der Waals surface area contributed by atoms with Gasteiger partial charge in [0, 0.05) is 62.9 Å². The van der Waals surface area contributed by atoms with Gasteiger partial charge in [-0.05, 0) is 60.6 Å². The minimum atomic E-state index is 0.0301. The Balaban J connectivity index is 1.15. The first kappa shape index (κ1) is 24.5. The van der Waals surface area contributed by atoms with Crippen LogP contribution >= 0.6 is 0 Å². The Kier molecular flexibility index (Phi) is 6.52. The molecule has 0 unspecified atom stereocenters. The molecule has 6 rings (SSSR count). The number of pyridine rings is 1. The van der Waals surface area contributed by atoms with E-state index in [4.69, 9.17) is 0 Å². The number of nitrogens with one attached hydrogen (secondary N) is 1. The van der Waals surface area contributed by atoms with Crippen LogP contribution in [0.1, 0.15) is 48.2 Å². The van der Waals surface area contributed by atoms with Crippen molar-refractivity contribution in [2.24, 2.45) is 5.92 Å². The number of benzene rings is 2. The molecule has 0 saturated carbocycles. The summed E-state index contributed by atoms with van der Waals surface area (Å²) < 4.78 is 1.93. The molecule has 2 amide bonds. The number of carbonyl (C=O) groups is 2. The lowest BCUT2D eigenvalue weighted by Gasteiger charge is -2.43. The van der Waals surface area contributed by atoms with Crippen LogP contribution in [-0.4, -0.2) is 58.4 Å². The minimum absolute atomic E-state index is 0.0301. The summed E-state index contributed by atoms with van der Waals surface area (Å²) >= 11 is 0. The fourth-order valence-corrected chi connectivity index (χ4v) is 6.40. The zero-order valence-corrected chi connectivity index (χ0v) is 21.8. The minimum Gasteiger partial charge on any atom is -0.378 e. The van der Waals surface area contributed by atoms with Crippen LogP contribution in [0.5, 0.6) is 0 Å². The van der Waals surface area contributed by atoms with Crippen LogP contribution in [0.4, 0.5) is 5.69 Å². The van der Waals surface area contributed by atoms with Gasteiger partial charge in [-0.3, -0.25) is 14.4 Å². The first-order valence-corrected chi connectivity index (χ1v) is 13.7. The molecule has 1 N–H and O–H groups in total. The van der Waals surface area contributed by atoms with Gasteiger partial charge in [-0.2, -0.15) is 0 Å². The number of carbonyl (C=O) groups excluding carboxylic acids is 2. The second kappa shape index (κ2) is 10.1. The number of amides is 2. The summed E-state index contributed by atoms with van der Waals surface area (Å²) in [6.45, 7) is 5.00. The molecule has 0 radical (unpaired) electrons. The van der Waals surface area contributed by atoms with E-state index in [0.29, 0.717) is 30.9 Å². The molecular weight excluding hydrogens is 476 g/mol. The normalized spacial score (nSPS) is 21.1. The van der Waals surface area contributed by atoms with E-state index >= 15 is 0 Å². The molecule has 3 aliphatic rings. The highest BCUT2D eigenvalue weighted by atomic mass is 16.2. The smallest absolute Gasteiger partial charge is 0.274 e. The molecule has 7 nitrogen and oxygen atoms in total. The molecule has 196 valence electrons. The van der Waals surface area contributed by atoms with Crippen molar-refractivity contribution in [1.29, 1.82) is 0 Å². The van der Waals surface area contributed by atoms with Crippen LogP contribution in [0, 0.1) is 5.92 Å². The third kappa shape index (κ3) is 4.73. The summed E-state index contributed by atoms with van der Waals surface area (Å²) in [5.41, 5.74) is 4.64. The number of fused-ring (bicyclic) bond motifs is 4. The lowest BCUT2D eigenvalue weighted by molar-refractivity contribution is -0.129. The Morgan fingerprint density at radius 1 is 0.816 bits per heavy atom. The molecule has 2 saturated heterocycles. The fourth-order valence-electron chi connectivity index (χ4n) is 6.40. The lowest BCUT2D eigenvalue weighted by atomic mass is 9.83. The van der Waals surface area contributed by atoms with Crippen LogP contribution in [0.2, 0.25) is 0 Å². The maximum atomic E-state index is 13.4. The van der Waals surface area contributed by atoms with E-state index in [9.17, 15) is 14.4 Å². The molecule has 2 fully saturated rings. The Labute approximate surface area is 223 Å². The van der Waals surface area contributed by atoms with Crippen LogP contribution in [0.25, 0.3) is 11.1 Å². The third-order valence-electron chi connectivity index (χ3n) is 8.43. The molecule has 2 bridgehead atoms. The zero-order valence-electron chi connectivity index (χ0n) is 21.8. The number of likely N-dealkylation sites (tertiary alicyclic amines) is 2. The number of hydrogen-bond donors (Lipinski definition) is 1. The van der Waals surface area contributed by atoms with Crippen molar-refractivity contribution in [3.05, 3.63) is 88.3 Å². The van der Waals surface area contributed by atoms with Gasteiger partial charge in [-0.25, -0.2) is 0 Å². The zero-order chi connectivity index (χ0) is 26.2. The van der Waals surface area contributed by atoms with Gasteiger partial charge in [0.1, 0.15) is 5.69 Å². The topological polar surface area (TPSA) is 74.7 Å². The van der Waals surface area contributed by atoms with Gasteiger partial charge in [-0.1, -0.05) is 42.5 Å². The Hall–Kier alpha value is -3.87. The summed E-state index contributed by atoms with van der Waals surface area (Å²) in [6, 6.07) is 22.2. The van der Waals surface area contributed by atoms with Crippen molar-refractivity contribution in [3.8, 4) is 11.1 Å². The fraction of sp³-hybridized carbons (Fsp3) is 0.387. The van der Waals surface area contributed by atoms with Crippen molar-refractivity contribution in [3.63, 3.8) is 0 Å². The van der Waals surface area contributed by atoms with Gasteiger partial charge in [0.25, 0.3) is 11.5 Å². The van der Waals surface area contributed by atoms with Crippen LogP contribution in [-0.2, 0) is 11.3 Å². The molecule has 3 aromatic rings. The largest absolute Gasteiger partial charge is 0.378 e. The number of nitrogens with zero attached hydrogens (tertiary/aromatic N) is 3. The van der Waals surface area contributed by atoms with Crippen LogP contribution < -0.4 is 10.9 Å². The average molecular weight is 511 g/mol. The number of rotatable bonds is 4. The van der Waals surface area contributed by atoms with E-state index in [2.05, 4.69) is 23.5 Å². The highest BCUT2D eigenvalue weighted by Crippen LogP contribution is 2.36. The number of aromatic nitrogens is 1. The number of anilines is 1. The highest BCUT2D eigenvalue weighted by molar-refractivity contribution is 5.95. The molecule has 0 spiro atoms. The van der Waals surface area contributed by atoms with Crippen LogP contribution in [0.15, 0.2) is 71.5 Å². The Morgan fingerprint density at radius 3 is 2.24 bits per heavy atom. The predicted octanol–water partition coefficient (Wildman–Crippen LogP) is 4.20. The quantitative estimate of drug-likeness (QED) is 0.571. The Bertz CT molecular complexity index is 1390. The van der Waals surface area contributed by atoms with Gasteiger partial charge in [-0.15, -0.1) is 0 Å². The van der Waals surface area contributed by atoms with Gasteiger partial charge >= 0.3 is 0 Å². The summed E-state index contributed by atoms with van der Waals surface area (Å²) in [4.78, 5) is 42.3. The van der Waals surface area contributed by atoms with E-state index < -0.39 is 0 Å². The molecule has 1 aromatic heterocycles. The predicted molar refractivity (Wildman–Crippen MR) is 148 cm³/mol. The van der Waals surface area contributed by atoms with E-state index in [-0.39, 0.29) is 35.3 Å². The van der Waals surface area contributed by atoms with Crippen molar-refractivity contribution < 1.29 is 9.59 Å². The number of piperidine rings is 2. The standard InChI is InChI=1S/C31H34N4O3/c1-21(36)33-15-13-27(14-16-33)32-28-11-12-29-26-17-22(19-35(29)31(28)38)18-34(20-26)30(37)25-9-7-24(8-10-25)23-5-3-2-4-6-23/h2-12,22,26-27,32H,13-20H2,1H3/t22-,26+/m0/s1. The van der Waals surface area contributed by atoms with Crippen molar-refractivity contribution in [2.75, 3.05) is 31.5 Å². The second-order valence-electron chi connectivity index (χ2n) is 11.0. The molecule has 4 heterocycles. The van der Waals surface area contributed by atoms with Gasteiger partial charge < -0.3 is 19.7 Å². The highest BCUT2D eigenvalue weighted by Gasteiger charge is 2.37. The van der Waals surface area contributed by atoms with E-state index in [1.165, 1.54) is 0 Å². The molecular formula is C31H34N4O3. The van der Waals surface area contributed by atoms with E-state index in [0.717, 1.165) is 49.2 Å². The third-order valence-corrected chi connectivity index (χ3v) is 8.43. The second-order valence-corrected chi connectivity index (χ2v) is 11.0. The summed E-state index contributed by atoms with van der Waals surface area (Å²) in [5.74, 6) is 0.599. The maximum absolute atomic E-state index is 13.4. The van der Waals surface area contributed by atoms with Crippen LogP contribution in [0.3, 0.4) is 0 Å². The van der Waals surface area contributed by atoms with Crippen molar-refractivity contribution >= 4 is 17.5 Å². The maximum Gasteiger partial charge on any atom is 0.274 e. The lowest BCUT2D eigenvalue weighted by Crippen LogP contribution is -2.49. The molecule has 38 heavy (non-hydrogen) atoms. The van der Waals surface area contributed by atoms with Crippen molar-refractivity contribution in [2.45, 2.75) is 44.7 Å². The van der Waals surface area contributed by atoms with Gasteiger partial charge in [0.05, 0.1) is 0 Å². The SMILES string of the molecule is CC(=O)N1CCC(Nc2ccc3n(c2=O)C[C@H]2C[C@@H]3CN(C(=O)c3ccc(-c4ccccc4)cc3)C2)CC1. The van der Waals surface area contributed by atoms with Gasteiger partial charge in [0.15, 0.2) is 0 Å². The molecule has 7 heteroatoms. The monoisotopic (exact) mass is 510 g/mol. The first-order chi connectivity index (χ1) is 18.5. The van der Waals surface area contributed by atoms with Crippen molar-refractivity contribution in [1.82, 2.24) is 14.4 Å². The van der Waals surface area contributed by atoms with E-state index in [1.54, 1.807) is 6.92 Å². The first-order valence-electron chi connectivity index (χ1n) is 13.7. The molecule has 2 aromatic carbocycles. The van der Waals surface area contributed by atoms with E-state index in [1.807, 2.05) is 62.9 Å². The summed E-state index contributed by atoms with van der Waals surface area (Å²) in [7, 11) is 0. The number of hydrogen-bond acceptors (Lipinski definition) is 4.